The highest BCUT2D eigenvalue weighted by Gasteiger charge is 2.31. The largest absolute Gasteiger partial charge is 0.281 e. The van der Waals surface area contributed by atoms with E-state index in [2.05, 4.69) is 0 Å². The fourth-order valence-corrected chi connectivity index (χ4v) is 6.13. The van der Waals surface area contributed by atoms with E-state index in [0.717, 1.165) is 0 Å². The molecule has 4 nitrogen and oxygen atoms in total. The summed E-state index contributed by atoms with van der Waals surface area (Å²) in [7, 11) is -7.89. The third kappa shape index (κ3) is 3.33. The normalized spacial score (nSPS) is 14.3. The molecule has 0 heterocycles. The van der Waals surface area contributed by atoms with Gasteiger partial charge in [-0.1, -0.05) is 23.2 Å². The van der Waals surface area contributed by atoms with Gasteiger partial charge in [0.15, 0.2) is 0 Å². The molecule has 1 atom stereocenters. The topological polar surface area (TPSA) is 75.1 Å². The highest BCUT2D eigenvalue weighted by atomic mass is 35.5. The Labute approximate surface area is 143 Å². The van der Waals surface area contributed by atoms with E-state index in [9.17, 15) is 12.6 Å². The minimum atomic E-state index is -4.26. The van der Waals surface area contributed by atoms with Crippen LogP contribution >= 0.6 is 23.2 Å². The Morgan fingerprint density at radius 2 is 1.18 bits per heavy atom. The van der Waals surface area contributed by atoms with Gasteiger partial charge in [0.1, 0.15) is 8.49 Å². The van der Waals surface area contributed by atoms with Crippen LogP contribution in [-0.2, 0) is 29.5 Å². The molecule has 0 amide bonds. The van der Waals surface area contributed by atoms with Crippen LogP contribution in [0.5, 0.6) is 0 Å². The van der Waals surface area contributed by atoms with Crippen molar-refractivity contribution in [3.63, 3.8) is 0 Å². The quantitative estimate of drug-likeness (QED) is 0.625. The lowest BCUT2D eigenvalue weighted by molar-refractivity contribution is 0.607. The molecule has 1 N–H and O–H groups in total. The summed E-state index contributed by atoms with van der Waals surface area (Å²) in [6, 6.07) is 10.8. The number of nitrogens with one attached hydrogen (secondary N) is 1. The van der Waals surface area contributed by atoms with Gasteiger partial charge < -0.3 is 0 Å². The van der Waals surface area contributed by atoms with Crippen molar-refractivity contribution in [2.45, 2.75) is 9.79 Å². The van der Waals surface area contributed by atoms with E-state index in [1.807, 2.05) is 0 Å². The van der Waals surface area contributed by atoms with Crippen LogP contribution in [0.2, 0.25) is 10.0 Å². The molecule has 0 bridgehead atoms. The third-order valence-corrected chi connectivity index (χ3v) is 8.76. The smallest absolute Gasteiger partial charge is 0.232 e. The molecule has 0 aliphatic heterocycles. The Morgan fingerprint density at radius 1 is 0.818 bits per heavy atom. The summed E-state index contributed by atoms with van der Waals surface area (Å²) in [4.78, 5) is -0.136. The van der Waals surface area contributed by atoms with Gasteiger partial charge in [-0.15, -0.1) is 0 Å². The van der Waals surface area contributed by atoms with Crippen LogP contribution in [0.3, 0.4) is 0 Å². The molecule has 22 heavy (non-hydrogen) atoms. The maximum absolute atomic E-state index is 12.6. The summed E-state index contributed by atoms with van der Waals surface area (Å²) < 4.78 is 36.4. The molecule has 2 aromatic carbocycles. The van der Waals surface area contributed by atoms with Crippen LogP contribution in [0.15, 0.2) is 58.3 Å². The molecule has 0 aromatic heterocycles. The molecule has 116 valence electrons. The second-order valence-corrected chi connectivity index (χ2v) is 10.5. The van der Waals surface area contributed by atoms with Crippen molar-refractivity contribution >= 4 is 57.1 Å². The Balaban J connectivity index is 2.50. The molecule has 2 rings (SSSR count). The number of benzene rings is 2. The molecular weight excluding hydrogens is 385 g/mol. The van der Waals surface area contributed by atoms with Gasteiger partial charge in [0.25, 0.3) is 0 Å². The van der Waals surface area contributed by atoms with Gasteiger partial charge in [0, 0.05) is 14.9 Å². The van der Waals surface area contributed by atoms with Gasteiger partial charge in [0.2, 0.25) is 14.2 Å². The highest BCUT2D eigenvalue weighted by Crippen LogP contribution is 2.23. The average Bonchev–Trinajstić information content (AvgIpc) is 2.47. The fraction of sp³-hybridized carbons (Fsp3) is 0. The lowest BCUT2D eigenvalue weighted by Crippen LogP contribution is -2.23. The Bertz CT molecular complexity index is 842. The number of halogens is 2. The molecule has 0 radical (unpaired) electrons. The standard InChI is InChI=1S/C13H9Cl2NO3S3/c14-9-1-5-11(6-2-9)21(17,18)13(16)22(19,20)12-7-3-10(15)4-8-12/h1-8,16H. The number of rotatable bonds is 2. The summed E-state index contributed by atoms with van der Waals surface area (Å²) in [6.45, 7) is 0. The number of hydrogen-bond donors (Lipinski definition) is 1. The summed E-state index contributed by atoms with van der Waals surface area (Å²) in [5.74, 6) is 0. The molecule has 0 saturated carbocycles. The number of hydrogen-bond acceptors (Lipinski definition) is 5. The van der Waals surface area contributed by atoms with E-state index in [1.165, 1.54) is 48.5 Å². The highest BCUT2D eigenvalue weighted by molar-refractivity contribution is 8.50. The predicted molar refractivity (Wildman–Crippen MR) is 91.6 cm³/mol. The van der Waals surface area contributed by atoms with Gasteiger partial charge in [0.05, 0.1) is 4.90 Å². The van der Waals surface area contributed by atoms with Gasteiger partial charge in [-0.2, -0.15) is 0 Å². The van der Waals surface area contributed by atoms with Gasteiger partial charge >= 0.3 is 0 Å². The van der Waals surface area contributed by atoms with Crippen molar-refractivity contribution in [3.05, 3.63) is 58.6 Å². The lowest BCUT2D eigenvalue weighted by Gasteiger charge is -2.10. The van der Waals surface area contributed by atoms with E-state index < -0.39 is 22.7 Å². The van der Waals surface area contributed by atoms with Crippen LogP contribution in [0.1, 0.15) is 0 Å². The Kier molecular flexibility index (Phi) is 4.93. The third-order valence-electron chi connectivity index (χ3n) is 2.74. The number of sulfone groups is 1. The molecule has 0 spiro atoms. The SMILES string of the molecule is N=C(S(=O)(=O)c1ccc(Cl)cc1)S(=O)(=S)c1ccc(Cl)cc1. The summed E-state index contributed by atoms with van der Waals surface area (Å²) in [6.07, 6.45) is 0. The maximum atomic E-state index is 12.6. The van der Waals surface area contributed by atoms with E-state index in [-0.39, 0.29) is 9.79 Å². The van der Waals surface area contributed by atoms with E-state index in [0.29, 0.717) is 10.0 Å². The van der Waals surface area contributed by atoms with Crippen LogP contribution < -0.4 is 0 Å². The van der Waals surface area contributed by atoms with Crippen molar-refractivity contribution in [3.8, 4) is 0 Å². The zero-order chi connectivity index (χ0) is 16.5. The minimum absolute atomic E-state index is 0.0504. The first-order chi connectivity index (χ1) is 10.2. The minimum Gasteiger partial charge on any atom is -0.281 e. The lowest BCUT2D eigenvalue weighted by atomic mass is 10.4. The predicted octanol–water partition coefficient (Wildman–Crippen LogP) is 3.51. The molecule has 0 aliphatic rings. The van der Waals surface area contributed by atoms with Crippen LogP contribution in [0.25, 0.3) is 0 Å². The fourth-order valence-electron chi connectivity index (χ4n) is 1.59. The average molecular weight is 394 g/mol. The first-order valence-electron chi connectivity index (χ1n) is 5.75. The van der Waals surface area contributed by atoms with E-state index in [1.54, 1.807) is 0 Å². The summed E-state index contributed by atoms with van der Waals surface area (Å²) in [5.41, 5.74) is 0. The molecule has 0 saturated heterocycles. The van der Waals surface area contributed by atoms with Gasteiger partial charge in [-0.25, -0.2) is 12.6 Å². The maximum Gasteiger partial charge on any atom is 0.232 e. The second-order valence-electron chi connectivity index (χ2n) is 4.20. The zero-order valence-corrected chi connectivity index (χ0v) is 14.8. The van der Waals surface area contributed by atoms with Gasteiger partial charge in [-0.3, -0.25) is 5.41 Å². The van der Waals surface area contributed by atoms with Crippen molar-refractivity contribution in [1.29, 1.82) is 5.41 Å². The van der Waals surface area contributed by atoms with E-state index in [4.69, 9.17) is 39.8 Å². The Morgan fingerprint density at radius 3 is 1.59 bits per heavy atom. The molecule has 0 fully saturated rings. The molecule has 9 heteroatoms. The zero-order valence-electron chi connectivity index (χ0n) is 10.8. The van der Waals surface area contributed by atoms with Crippen molar-refractivity contribution < 1.29 is 12.6 Å². The van der Waals surface area contributed by atoms with Crippen LogP contribution in [0, 0.1) is 5.41 Å². The van der Waals surface area contributed by atoms with Crippen molar-refractivity contribution in [2.24, 2.45) is 0 Å². The van der Waals surface area contributed by atoms with Crippen LogP contribution in [0.4, 0.5) is 0 Å². The summed E-state index contributed by atoms with van der Waals surface area (Å²) >= 11 is 16.3. The van der Waals surface area contributed by atoms with E-state index >= 15 is 0 Å². The van der Waals surface area contributed by atoms with Crippen molar-refractivity contribution in [2.75, 3.05) is 0 Å². The Hall–Kier alpha value is -0.990. The van der Waals surface area contributed by atoms with Gasteiger partial charge in [-0.05, 0) is 59.7 Å². The monoisotopic (exact) mass is 393 g/mol. The second kappa shape index (κ2) is 6.25. The molecule has 1 unspecified atom stereocenters. The molecule has 2 aromatic rings. The molecule has 0 aliphatic carbocycles. The first-order valence-corrected chi connectivity index (χ1v) is 10.5. The summed E-state index contributed by atoms with van der Waals surface area (Å²) in [5, 5.41) is 8.58. The first kappa shape index (κ1) is 17.4. The molecular formula is C13H9Cl2NO3S3. The van der Waals surface area contributed by atoms with Crippen LogP contribution in [-0.4, -0.2) is 17.0 Å². The van der Waals surface area contributed by atoms with Crippen molar-refractivity contribution in [1.82, 2.24) is 0 Å².